The molecule has 0 aliphatic rings. The number of hydrogen-bond donors (Lipinski definition) is 4. The van der Waals surface area contributed by atoms with Crippen molar-refractivity contribution in [3.63, 3.8) is 0 Å². The van der Waals surface area contributed by atoms with Crippen LogP contribution in [0.5, 0.6) is 5.75 Å². The predicted molar refractivity (Wildman–Crippen MR) is 52.8 cm³/mol. The van der Waals surface area contributed by atoms with Gasteiger partial charge < -0.3 is 20.4 Å². The minimum atomic E-state index is -1.58. The van der Waals surface area contributed by atoms with Crippen molar-refractivity contribution in [2.24, 2.45) is 0 Å². The van der Waals surface area contributed by atoms with Crippen LogP contribution in [0.1, 0.15) is 11.7 Å². The van der Waals surface area contributed by atoms with Crippen LogP contribution >= 0.6 is 0 Å². The van der Waals surface area contributed by atoms with Crippen LogP contribution in [0.15, 0.2) is 18.2 Å². The van der Waals surface area contributed by atoms with E-state index in [1.165, 1.54) is 0 Å². The third kappa shape index (κ3) is 2.45. The van der Waals surface area contributed by atoms with Crippen LogP contribution in [0.25, 0.3) is 0 Å². The summed E-state index contributed by atoms with van der Waals surface area (Å²) >= 11 is 0. The second-order valence-corrected chi connectivity index (χ2v) is 3.19. The van der Waals surface area contributed by atoms with Crippen LogP contribution in [0.4, 0.5) is 5.69 Å². The number of phenols is 1. The van der Waals surface area contributed by atoms with Crippen molar-refractivity contribution in [1.82, 2.24) is 0 Å². The predicted octanol–water partition coefficient (Wildman–Crippen LogP) is -0.313. The van der Waals surface area contributed by atoms with Gasteiger partial charge in [0.25, 0.3) is 5.69 Å². The van der Waals surface area contributed by atoms with Crippen molar-refractivity contribution < 1.29 is 25.3 Å². The van der Waals surface area contributed by atoms with Crippen LogP contribution < -0.4 is 0 Å². The van der Waals surface area contributed by atoms with E-state index in [1.807, 2.05) is 0 Å². The van der Waals surface area contributed by atoms with E-state index in [1.54, 1.807) is 0 Å². The summed E-state index contributed by atoms with van der Waals surface area (Å²) in [7, 11) is 0. The number of rotatable bonds is 4. The van der Waals surface area contributed by atoms with Crippen LogP contribution in [0.3, 0.4) is 0 Å². The minimum Gasteiger partial charge on any atom is -0.508 e. The molecule has 7 heteroatoms. The Labute approximate surface area is 90.4 Å². The number of aliphatic hydroxyl groups excluding tert-OH is 3. The van der Waals surface area contributed by atoms with Crippen molar-refractivity contribution >= 4 is 5.69 Å². The first-order chi connectivity index (χ1) is 7.47. The lowest BCUT2D eigenvalue weighted by molar-refractivity contribution is -0.386. The van der Waals surface area contributed by atoms with E-state index in [0.717, 1.165) is 18.2 Å². The first-order valence-electron chi connectivity index (χ1n) is 4.41. The highest BCUT2D eigenvalue weighted by Gasteiger charge is 2.26. The van der Waals surface area contributed by atoms with Gasteiger partial charge in [0, 0.05) is 0 Å². The smallest absolute Gasteiger partial charge is 0.279 e. The Kier molecular flexibility index (Phi) is 3.78. The monoisotopic (exact) mass is 229 g/mol. The molecule has 0 amide bonds. The number of hydrogen-bond acceptors (Lipinski definition) is 6. The van der Waals surface area contributed by atoms with Crippen molar-refractivity contribution in [3.05, 3.63) is 33.9 Å². The zero-order valence-corrected chi connectivity index (χ0v) is 8.15. The van der Waals surface area contributed by atoms with Gasteiger partial charge in [-0.25, -0.2) is 0 Å². The summed E-state index contributed by atoms with van der Waals surface area (Å²) in [5.74, 6) is -0.318. The molecule has 0 spiro atoms. The average Bonchev–Trinajstić information content (AvgIpc) is 2.26. The Bertz CT molecular complexity index is 394. The molecule has 0 bridgehead atoms. The van der Waals surface area contributed by atoms with E-state index in [0.29, 0.717) is 0 Å². The van der Waals surface area contributed by atoms with E-state index in [2.05, 4.69) is 0 Å². The number of nitro groups is 1. The van der Waals surface area contributed by atoms with Gasteiger partial charge in [-0.15, -0.1) is 0 Å². The van der Waals surface area contributed by atoms with Crippen LogP contribution in [-0.4, -0.2) is 38.1 Å². The highest BCUT2D eigenvalue weighted by Crippen LogP contribution is 2.30. The quantitative estimate of drug-likeness (QED) is 0.414. The Hall–Kier alpha value is -1.70. The summed E-state index contributed by atoms with van der Waals surface area (Å²) in [6.45, 7) is -0.723. The molecule has 7 nitrogen and oxygen atoms in total. The Balaban J connectivity index is 3.17. The number of benzene rings is 1. The van der Waals surface area contributed by atoms with Crippen LogP contribution in [-0.2, 0) is 0 Å². The second kappa shape index (κ2) is 4.88. The molecule has 1 rings (SSSR count). The third-order valence-corrected chi connectivity index (χ3v) is 2.08. The SMILES string of the molecule is O=[N+]([O-])c1cc(O)ccc1C(O)C(O)CO. The molecule has 4 N–H and O–H groups in total. The molecule has 0 saturated carbocycles. The highest BCUT2D eigenvalue weighted by atomic mass is 16.6. The zero-order valence-electron chi connectivity index (χ0n) is 8.15. The summed E-state index contributed by atoms with van der Waals surface area (Å²) in [5.41, 5.74) is -0.677. The maximum atomic E-state index is 10.6. The molecule has 2 unspecified atom stereocenters. The van der Waals surface area contributed by atoms with Gasteiger partial charge in [-0.2, -0.15) is 0 Å². The van der Waals surface area contributed by atoms with Gasteiger partial charge in [-0.1, -0.05) is 0 Å². The summed E-state index contributed by atoms with van der Waals surface area (Å²) in [6, 6.07) is 3.13. The summed E-state index contributed by atoms with van der Waals surface area (Å²) < 4.78 is 0. The Morgan fingerprint density at radius 3 is 2.50 bits per heavy atom. The molecule has 0 heterocycles. The molecule has 88 valence electrons. The molecule has 0 aliphatic carbocycles. The normalized spacial score (nSPS) is 14.4. The van der Waals surface area contributed by atoms with Gasteiger partial charge in [-0.3, -0.25) is 10.1 Å². The fourth-order valence-electron chi connectivity index (χ4n) is 1.25. The summed E-state index contributed by atoms with van der Waals surface area (Å²) in [5, 5.41) is 47.0. The summed E-state index contributed by atoms with van der Waals surface area (Å²) in [6.07, 6.45) is -3.09. The van der Waals surface area contributed by atoms with Gasteiger partial charge >= 0.3 is 0 Å². The van der Waals surface area contributed by atoms with Gasteiger partial charge in [0.05, 0.1) is 23.2 Å². The Morgan fingerprint density at radius 1 is 1.38 bits per heavy atom. The van der Waals surface area contributed by atoms with E-state index >= 15 is 0 Å². The van der Waals surface area contributed by atoms with Crippen LogP contribution in [0, 0.1) is 10.1 Å². The first kappa shape index (κ1) is 12.4. The highest BCUT2D eigenvalue weighted by molar-refractivity contribution is 5.47. The average molecular weight is 229 g/mol. The van der Waals surface area contributed by atoms with Crippen LogP contribution in [0.2, 0.25) is 0 Å². The molecule has 0 radical (unpaired) electrons. The molecule has 0 fully saturated rings. The number of nitro benzene ring substituents is 1. The lowest BCUT2D eigenvalue weighted by atomic mass is 10.0. The lowest BCUT2D eigenvalue weighted by Crippen LogP contribution is -2.22. The second-order valence-electron chi connectivity index (χ2n) is 3.19. The fourth-order valence-corrected chi connectivity index (χ4v) is 1.25. The largest absolute Gasteiger partial charge is 0.508 e. The molecular weight excluding hydrogens is 218 g/mol. The maximum absolute atomic E-state index is 10.6. The Morgan fingerprint density at radius 2 is 2.00 bits per heavy atom. The standard InChI is InChI=1S/C9H11NO6/c11-4-8(13)9(14)6-2-1-5(12)3-7(6)10(15)16/h1-3,8-9,11-14H,4H2. The van der Waals surface area contributed by atoms with Crippen molar-refractivity contribution in [2.75, 3.05) is 6.61 Å². The third-order valence-electron chi connectivity index (χ3n) is 2.08. The molecular formula is C9H11NO6. The number of aromatic hydroxyl groups is 1. The van der Waals surface area contributed by atoms with Gasteiger partial charge in [0.1, 0.15) is 18.0 Å². The van der Waals surface area contributed by atoms with E-state index in [-0.39, 0.29) is 11.3 Å². The van der Waals surface area contributed by atoms with Crippen molar-refractivity contribution in [1.29, 1.82) is 0 Å². The van der Waals surface area contributed by atoms with Gasteiger partial charge in [-0.05, 0) is 12.1 Å². The lowest BCUT2D eigenvalue weighted by Gasteiger charge is -2.15. The molecule has 0 aliphatic heterocycles. The van der Waals surface area contributed by atoms with Crippen molar-refractivity contribution in [3.8, 4) is 5.75 Å². The summed E-state index contributed by atoms with van der Waals surface area (Å²) in [4.78, 5) is 9.84. The van der Waals surface area contributed by atoms with Gasteiger partial charge in [0.15, 0.2) is 0 Å². The molecule has 16 heavy (non-hydrogen) atoms. The number of phenolic OH excluding ortho intramolecular Hbond substituents is 1. The van der Waals surface area contributed by atoms with Gasteiger partial charge in [0.2, 0.25) is 0 Å². The minimum absolute atomic E-state index is 0.163. The zero-order chi connectivity index (χ0) is 12.3. The topological polar surface area (TPSA) is 124 Å². The fraction of sp³-hybridized carbons (Fsp3) is 0.333. The van der Waals surface area contributed by atoms with E-state index < -0.39 is 29.4 Å². The van der Waals surface area contributed by atoms with E-state index in [4.69, 9.17) is 10.2 Å². The maximum Gasteiger partial charge on any atom is 0.279 e. The molecule has 2 atom stereocenters. The molecule has 1 aromatic carbocycles. The molecule has 0 aromatic heterocycles. The number of nitrogens with zero attached hydrogens (tertiary/aromatic N) is 1. The molecule has 1 aromatic rings. The number of aliphatic hydroxyl groups is 3. The van der Waals surface area contributed by atoms with E-state index in [9.17, 15) is 20.3 Å². The van der Waals surface area contributed by atoms with Crippen molar-refractivity contribution in [2.45, 2.75) is 12.2 Å². The molecule has 0 saturated heterocycles. The first-order valence-corrected chi connectivity index (χ1v) is 4.41.